The Kier molecular flexibility index (Phi) is 5.29. The number of fused-ring (bicyclic) bond motifs is 1. The van der Waals surface area contributed by atoms with Crippen LogP contribution in [0.2, 0.25) is 0 Å². The molecular weight excluding hydrogens is 351 g/mol. The van der Waals surface area contributed by atoms with Crippen LogP contribution < -0.4 is 0 Å². The monoisotopic (exact) mass is 378 g/mol. The van der Waals surface area contributed by atoms with Gasteiger partial charge in [0.15, 0.2) is 5.78 Å². The number of carbonyl (C=O) groups is 1. The van der Waals surface area contributed by atoms with Crippen LogP contribution in [0.25, 0.3) is 11.0 Å². The lowest BCUT2D eigenvalue weighted by Gasteiger charge is -2.15. The van der Waals surface area contributed by atoms with Gasteiger partial charge in [0.2, 0.25) is 0 Å². The van der Waals surface area contributed by atoms with Gasteiger partial charge in [-0.25, -0.2) is 9.37 Å². The van der Waals surface area contributed by atoms with E-state index in [4.69, 9.17) is 4.98 Å². The summed E-state index contributed by atoms with van der Waals surface area (Å²) < 4.78 is 16.5. The average Bonchev–Trinajstić information content (AvgIpc) is 3.45. The Labute approximate surface area is 165 Å². The Hall–Kier alpha value is -2.49. The Balaban J connectivity index is 1.55. The summed E-state index contributed by atoms with van der Waals surface area (Å²) in [5.74, 6) is 1.10. The summed E-state index contributed by atoms with van der Waals surface area (Å²) in [5, 5.41) is 0. The molecule has 0 aliphatic heterocycles. The number of Topliss-reactive ketones (excluding diaryl/α,β-unsaturated/α-hetero) is 1. The zero-order valence-corrected chi connectivity index (χ0v) is 16.6. The number of imidazole rings is 1. The van der Waals surface area contributed by atoms with Gasteiger partial charge in [0.25, 0.3) is 0 Å². The minimum absolute atomic E-state index is 0.0893. The highest BCUT2D eigenvalue weighted by Gasteiger charge is 2.26. The number of ketones is 1. The third-order valence-corrected chi connectivity index (χ3v) is 5.84. The normalized spacial score (nSPS) is 15.1. The number of hydrogen-bond donors (Lipinski definition) is 0. The first-order valence-corrected chi connectivity index (χ1v) is 10.3. The summed E-state index contributed by atoms with van der Waals surface area (Å²) in [6.07, 6.45) is 4.70. The third-order valence-electron chi connectivity index (χ3n) is 5.84. The van der Waals surface area contributed by atoms with E-state index in [1.807, 2.05) is 26.0 Å². The fourth-order valence-electron chi connectivity index (χ4n) is 3.95. The van der Waals surface area contributed by atoms with Crippen molar-refractivity contribution in [3.63, 3.8) is 0 Å². The van der Waals surface area contributed by atoms with Gasteiger partial charge in [0.1, 0.15) is 11.6 Å². The molecule has 1 aliphatic carbocycles. The van der Waals surface area contributed by atoms with Crippen molar-refractivity contribution in [2.24, 2.45) is 11.8 Å². The molecule has 1 fully saturated rings. The predicted octanol–water partition coefficient (Wildman–Crippen LogP) is 5.74. The Morgan fingerprint density at radius 1 is 1.25 bits per heavy atom. The summed E-state index contributed by atoms with van der Waals surface area (Å²) >= 11 is 0. The van der Waals surface area contributed by atoms with E-state index in [9.17, 15) is 9.18 Å². The number of carbonyl (C=O) groups excluding carboxylic acids is 1. The molecule has 1 atom stereocenters. The molecule has 0 saturated heterocycles. The first kappa shape index (κ1) is 18.9. The molecule has 0 radical (unpaired) electrons. The highest BCUT2D eigenvalue weighted by atomic mass is 19.1. The van der Waals surface area contributed by atoms with Crippen LogP contribution in [0.5, 0.6) is 0 Å². The SMILES string of the molecule is CCC(CCc1nc2ccccc2n1CC1CC1)C(=O)c1cc(C)ccc1F. The molecule has 4 rings (SSSR count). The summed E-state index contributed by atoms with van der Waals surface area (Å²) in [6.45, 7) is 4.90. The number of aryl methyl sites for hydroxylation is 2. The van der Waals surface area contributed by atoms with E-state index in [2.05, 4.69) is 16.7 Å². The van der Waals surface area contributed by atoms with E-state index < -0.39 is 5.82 Å². The number of nitrogens with zero attached hydrogens (tertiary/aromatic N) is 2. The van der Waals surface area contributed by atoms with Crippen molar-refractivity contribution in [3.05, 3.63) is 65.2 Å². The highest BCUT2D eigenvalue weighted by Crippen LogP contribution is 2.33. The second-order valence-electron chi connectivity index (χ2n) is 8.06. The molecule has 1 aliphatic rings. The van der Waals surface area contributed by atoms with Crippen molar-refractivity contribution in [1.29, 1.82) is 0 Å². The molecule has 1 heterocycles. The van der Waals surface area contributed by atoms with Gasteiger partial charge in [-0.2, -0.15) is 0 Å². The number of aromatic nitrogens is 2. The van der Waals surface area contributed by atoms with E-state index in [1.54, 1.807) is 12.1 Å². The fourth-order valence-corrected chi connectivity index (χ4v) is 3.95. The summed E-state index contributed by atoms with van der Waals surface area (Å²) in [6, 6.07) is 13.0. The largest absolute Gasteiger partial charge is 0.328 e. The highest BCUT2D eigenvalue weighted by molar-refractivity contribution is 5.98. The molecule has 0 N–H and O–H groups in total. The van der Waals surface area contributed by atoms with Crippen LogP contribution in [0.3, 0.4) is 0 Å². The smallest absolute Gasteiger partial charge is 0.168 e. The Morgan fingerprint density at radius 3 is 2.79 bits per heavy atom. The van der Waals surface area contributed by atoms with Crippen LogP contribution in [-0.4, -0.2) is 15.3 Å². The average molecular weight is 378 g/mol. The molecule has 146 valence electrons. The van der Waals surface area contributed by atoms with Crippen LogP contribution in [-0.2, 0) is 13.0 Å². The molecule has 1 saturated carbocycles. The summed E-state index contributed by atoms with van der Waals surface area (Å²) in [5.41, 5.74) is 3.32. The zero-order chi connectivity index (χ0) is 19.7. The molecule has 3 aromatic rings. The van der Waals surface area contributed by atoms with Crippen LogP contribution in [0.1, 0.15) is 54.4 Å². The maximum Gasteiger partial charge on any atom is 0.168 e. The number of halogens is 1. The zero-order valence-electron chi connectivity index (χ0n) is 16.6. The molecule has 28 heavy (non-hydrogen) atoms. The summed E-state index contributed by atoms with van der Waals surface area (Å²) in [7, 11) is 0. The molecular formula is C24H27FN2O. The van der Waals surface area contributed by atoms with E-state index in [0.717, 1.165) is 35.8 Å². The lowest BCUT2D eigenvalue weighted by Crippen LogP contribution is -2.18. The van der Waals surface area contributed by atoms with Gasteiger partial charge in [0, 0.05) is 18.9 Å². The molecule has 2 aromatic carbocycles. The second kappa shape index (κ2) is 7.86. The maximum atomic E-state index is 14.2. The van der Waals surface area contributed by atoms with Crippen molar-refractivity contribution < 1.29 is 9.18 Å². The van der Waals surface area contributed by atoms with Gasteiger partial charge in [0.05, 0.1) is 16.6 Å². The van der Waals surface area contributed by atoms with Gasteiger partial charge in [-0.05, 0) is 62.8 Å². The van der Waals surface area contributed by atoms with Gasteiger partial charge >= 0.3 is 0 Å². The Bertz CT molecular complexity index is 1000. The molecule has 3 nitrogen and oxygen atoms in total. The maximum absolute atomic E-state index is 14.2. The number of benzene rings is 2. The molecule has 1 unspecified atom stereocenters. The lowest BCUT2D eigenvalue weighted by molar-refractivity contribution is 0.0905. The fraction of sp³-hybridized carbons (Fsp3) is 0.417. The van der Waals surface area contributed by atoms with Crippen molar-refractivity contribution in [1.82, 2.24) is 9.55 Å². The second-order valence-corrected chi connectivity index (χ2v) is 8.06. The minimum atomic E-state index is -0.421. The first-order valence-electron chi connectivity index (χ1n) is 10.3. The van der Waals surface area contributed by atoms with Gasteiger partial charge < -0.3 is 4.57 Å². The number of rotatable bonds is 8. The van der Waals surface area contributed by atoms with Crippen molar-refractivity contribution in [3.8, 4) is 0 Å². The van der Waals surface area contributed by atoms with E-state index in [0.29, 0.717) is 12.8 Å². The predicted molar refractivity (Wildman–Crippen MR) is 110 cm³/mol. The first-order chi connectivity index (χ1) is 13.6. The molecule has 4 heteroatoms. The Morgan fingerprint density at radius 2 is 2.04 bits per heavy atom. The van der Waals surface area contributed by atoms with E-state index >= 15 is 0 Å². The van der Waals surface area contributed by atoms with Crippen molar-refractivity contribution in [2.45, 2.75) is 52.5 Å². The van der Waals surface area contributed by atoms with E-state index in [-0.39, 0.29) is 17.3 Å². The number of para-hydroxylation sites is 2. The lowest BCUT2D eigenvalue weighted by atomic mass is 9.90. The van der Waals surface area contributed by atoms with E-state index in [1.165, 1.54) is 24.4 Å². The van der Waals surface area contributed by atoms with Gasteiger partial charge in [-0.3, -0.25) is 4.79 Å². The quantitative estimate of drug-likeness (QED) is 0.469. The van der Waals surface area contributed by atoms with Crippen molar-refractivity contribution >= 4 is 16.8 Å². The minimum Gasteiger partial charge on any atom is -0.328 e. The van der Waals surface area contributed by atoms with Gasteiger partial charge in [-0.15, -0.1) is 0 Å². The molecule has 0 bridgehead atoms. The standard InChI is InChI=1S/C24H27FN2O/c1-3-18(24(28)19-14-16(2)8-12-20(19)25)11-13-23-26-21-6-4-5-7-22(21)27(23)15-17-9-10-17/h4-8,12,14,17-18H,3,9-11,13,15H2,1-2H3. The van der Waals surface area contributed by atoms with Gasteiger partial charge in [-0.1, -0.05) is 30.7 Å². The van der Waals surface area contributed by atoms with Crippen LogP contribution in [0.4, 0.5) is 4.39 Å². The molecule has 0 amide bonds. The topological polar surface area (TPSA) is 34.9 Å². The van der Waals surface area contributed by atoms with Crippen molar-refractivity contribution in [2.75, 3.05) is 0 Å². The van der Waals surface area contributed by atoms with Crippen LogP contribution >= 0.6 is 0 Å². The van der Waals surface area contributed by atoms with Crippen LogP contribution in [0, 0.1) is 24.6 Å². The molecule has 0 spiro atoms. The third kappa shape index (κ3) is 3.87. The molecule has 1 aromatic heterocycles. The van der Waals surface area contributed by atoms with Crippen LogP contribution in [0.15, 0.2) is 42.5 Å². The number of hydrogen-bond acceptors (Lipinski definition) is 2. The summed E-state index contributed by atoms with van der Waals surface area (Å²) in [4.78, 5) is 17.8.